The molecule has 3 aromatic rings. The molecule has 0 bridgehead atoms. The van der Waals surface area contributed by atoms with Crippen molar-refractivity contribution in [2.24, 2.45) is 4.99 Å². The number of pyridine rings is 1. The number of halogens is 4. The topological polar surface area (TPSA) is 77.9 Å². The Bertz CT molecular complexity index is 1330. The Morgan fingerprint density at radius 3 is 2.38 bits per heavy atom. The van der Waals surface area contributed by atoms with Crippen LogP contribution in [-0.4, -0.2) is 66.2 Å². The van der Waals surface area contributed by atoms with Gasteiger partial charge in [-0.1, -0.05) is 18.2 Å². The van der Waals surface area contributed by atoms with Crippen LogP contribution in [0.1, 0.15) is 26.3 Å². The summed E-state index contributed by atoms with van der Waals surface area (Å²) in [6, 6.07) is 11.5. The van der Waals surface area contributed by atoms with Crippen LogP contribution in [0.5, 0.6) is 0 Å². The third-order valence-electron chi connectivity index (χ3n) is 6.01. The van der Waals surface area contributed by atoms with Gasteiger partial charge in [0.2, 0.25) is 0 Å². The molecule has 1 aromatic heterocycles. The van der Waals surface area contributed by atoms with Crippen LogP contribution in [0.3, 0.4) is 0 Å². The maximum Gasteiger partial charge on any atom is 0.417 e. The van der Waals surface area contributed by atoms with Gasteiger partial charge in [-0.15, -0.1) is 0 Å². The molecule has 1 aliphatic rings. The van der Waals surface area contributed by atoms with Gasteiger partial charge in [-0.2, -0.15) is 13.2 Å². The number of aromatic nitrogens is 1. The number of para-hydroxylation sites is 1. The van der Waals surface area contributed by atoms with Gasteiger partial charge in [0.1, 0.15) is 5.82 Å². The Balaban J connectivity index is 1.43. The number of amides is 1. The van der Waals surface area contributed by atoms with Gasteiger partial charge in [-0.3, -0.25) is 19.6 Å². The number of aldehydes is 1. The molecule has 7 nitrogen and oxygen atoms in total. The Labute approximate surface area is 210 Å². The lowest BCUT2D eigenvalue weighted by Gasteiger charge is -2.36. The average Bonchev–Trinajstić information content (AvgIpc) is 2.91. The molecule has 37 heavy (non-hydrogen) atoms. The van der Waals surface area contributed by atoms with E-state index in [1.54, 1.807) is 36.2 Å². The number of rotatable bonds is 4. The van der Waals surface area contributed by atoms with Crippen LogP contribution < -0.4 is 5.32 Å². The number of nitrogens with one attached hydrogen (secondary N) is 1. The zero-order chi connectivity index (χ0) is 26.6. The minimum atomic E-state index is -4.60. The highest BCUT2D eigenvalue weighted by molar-refractivity contribution is 5.98. The summed E-state index contributed by atoms with van der Waals surface area (Å²) < 4.78 is 53.8. The molecule has 1 N–H and O–H groups in total. The second-order valence-corrected chi connectivity index (χ2v) is 8.31. The summed E-state index contributed by atoms with van der Waals surface area (Å²) in [7, 11) is 1.62. The highest BCUT2D eigenvalue weighted by atomic mass is 19.4. The summed E-state index contributed by atoms with van der Waals surface area (Å²) in [6.07, 6.45) is -2.04. The summed E-state index contributed by atoms with van der Waals surface area (Å²) >= 11 is 0. The SMILES string of the molecule is CN=C(Nc1ccccc1C=O)N1CCN(C(=O)c2ccc(-c3cncc(C(F)(F)F)c3)c(F)c2)CC1. The summed E-state index contributed by atoms with van der Waals surface area (Å²) in [6.45, 7) is 1.59. The largest absolute Gasteiger partial charge is 0.417 e. The van der Waals surface area contributed by atoms with E-state index in [4.69, 9.17) is 0 Å². The number of hydrogen-bond acceptors (Lipinski definition) is 4. The van der Waals surface area contributed by atoms with Crippen molar-refractivity contribution in [2.45, 2.75) is 6.18 Å². The van der Waals surface area contributed by atoms with E-state index in [1.165, 1.54) is 12.1 Å². The minimum Gasteiger partial charge on any atom is -0.339 e. The number of alkyl halides is 3. The maximum atomic E-state index is 14.8. The Hall–Kier alpha value is -4.28. The number of hydrogen-bond donors (Lipinski definition) is 1. The van der Waals surface area contributed by atoms with E-state index in [0.717, 1.165) is 24.6 Å². The first kappa shape index (κ1) is 25.8. The highest BCUT2D eigenvalue weighted by Crippen LogP contribution is 2.32. The lowest BCUT2D eigenvalue weighted by Crippen LogP contribution is -2.52. The fourth-order valence-electron chi connectivity index (χ4n) is 4.04. The lowest BCUT2D eigenvalue weighted by molar-refractivity contribution is -0.137. The first-order chi connectivity index (χ1) is 17.7. The summed E-state index contributed by atoms with van der Waals surface area (Å²) in [5.74, 6) is -0.655. The fourth-order valence-corrected chi connectivity index (χ4v) is 4.04. The van der Waals surface area contributed by atoms with Gasteiger partial charge in [0.05, 0.1) is 11.3 Å². The third-order valence-corrected chi connectivity index (χ3v) is 6.01. The maximum absolute atomic E-state index is 14.8. The Kier molecular flexibility index (Phi) is 7.51. The summed E-state index contributed by atoms with van der Waals surface area (Å²) in [5.41, 5.74) is 0.103. The van der Waals surface area contributed by atoms with Crippen LogP contribution in [0.15, 0.2) is 65.9 Å². The van der Waals surface area contributed by atoms with Crippen molar-refractivity contribution in [3.63, 3.8) is 0 Å². The fraction of sp³-hybridized carbons (Fsp3) is 0.231. The molecule has 1 amide bonds. The molecular weight excluding hydrogens is 490 g/mol. The molecule has 2 aromatic carbocycles. The second kappa shape index (κ2) is 10.8. The number of aliphatic imine (C=N–C) groups is 1. The normalized spacial score (nSPS) is 14.5. The molecule has 1 saturated heterocycles. The van der Waals surface area contributed by atoms with Crippen LogP contribution in [0, 0.1) is 5.82 Å². The molecular formula is C26H23F4N5O2. The molecule has 11 heteroatoms. The number of guanidine groups is 1. The molecule has 0 unspecified atom stereocenters. The van der Waals surface area contributed by atoms with Crippen LogP contribution in [0.2, 0.25) is 0 Å². The van der Waals surface area contributed by atoms with Gasteiger partial charge in [-0.25, -0.2) is 4.39 Å². The molecule has 1 aliphatic heterocycles. The van der Waals surface area contributed by atoms with Gasteiger partial charge in [0.15, 0.2) is 12.2 Å². The van der Waals surface area contributed by atoms with E-state index in [0.29, 0.717) is 49.6 Å². The van der Waals surface area contributed by atoms with E-state index in [9.17, 15) is 27.2 Å². The zero-order valence-electron chi connectivity index (χ0n) is 19.8. The molecule has 4 rings (SSSR count). The number of anilines is 1. The van der Waals surface area contributed by atoms with Crippen molar-refractivity contribution >= 4 is 23.8 Å². The molecule has 0 radical (unpaired) electrons. The van der Waals surface area contributed by atoms with Crippen molar-refractivity contribution in [3.05, 3.63) is 83.4 Å². The molecule has 0 spiro atoms. The third kappa shape index (κ3) is 5.76. The van der Waals surface area contributed by atoms with Crippen molar-refractivity contribution < 1.29 is 27.2 Å². The van der Waals surface area contributed by atoms with Crippen LogP contribution in [-0.2, 0) is 6.18 Å². The first-order valence-electron chi connectivity index (χ1n) is 11.4. The van der Waals surface area contributed by atoms with Gasteiger partial charge in [0.25, 0.3) is 5.91 Å². The van der Waals surface area contributed by atoms with Gasteiger partial charge >= 0.3 is 6.18 Å². The van der Waals surface area contributed by atoms with E-state index in [1.807, 2.05) is 4.90 Å². The monoisotopic (exact) mass is 513 g/mol. The van der Waals surface area contributed by atoms with Gasteiger partial charge < -0.3 is 15.1 Å². The predicted molar refractivity (Wildman–Crippen MR) is 131 cm³/mol. The van der Waals surface area contributed by atoms with Crippen LogP contribution in [0.4, 0.5) is 23.2 Å². The molecule has 1 fully saturated rings. The molecule has 2 heterocycles. The van der Waals surface area contributed by atoms with Gasteiger partial charge in [-0.05, 0) is 30.3 Å². The zero-order valence-corrected chi connectivity index (χ0v) is 19.8. The smallest absolute Gasteiger partial charge is 0.339 e. The molecule has 192 valence electrons. The van der Waals surface area contributed by atoms with E-state index in [-0.39, 0.29) is 22.6 Å². The van der Waals surface area contributed by atoms with Crippen LogP contribution in [0.25, 0.3) is 11.1 Å². The van der Waals surface area contributed by atoms with E-state index >= 15 is 0 Å². The number of carbonyl (C=O) groups excluding carboxylic acids is 2. The van der Waals surface area contributed by atoms with Crippen molar-refractivity contribution in [1.82, 2.24) is 14.8 Å². The van der Waals surface area contributed by atoms with Crippen molar-refractivity contribution in [2.75, 3.05) is 38.5 Å². The summed E-state index contributed by atoms with van der Waals surface area (Å²) in [4.78, 5) is 35.6. The van der Waals surface area contributed by atoms with Crippen molar-refractivity contribution in [3.8, 4) is 11.1 Å². The summed E-state index contributed by atoms with van der Waals surface area (Å²) in [5, 5.41) is 3.15. The average molecular weight is 513 g/mol. The number of benzene rings is 2. The van der Waals surface area contributed by atoms with Gasteiger partial charge in [0, 0.05) is 67.9 Å². The number of nitrogens with zero attached hydrogens (tertiary/aromatic N) is 4. The second-order valence-electron chi connectivity index (χ2n) is 8.31. The molecule has 0 saturated carbocycles. The number of carbonyl (C=O) groups is 2. The number of piperazine rings is 1. The minimum absolute atomic E-state index is 0.0324. The highest BCUT2D eigenvalue weighted by Gasteiger charge is 2.31. The molecule has 0 atom stereocenters. The molecule has 0 aliphatic carbocycles. The predicted octanol–water partition coefficient (Wildman–Crippen LogP) is 4.57. The Morgan fingerprint density at radius 2 is 1.73 bits per heavy atom. The van der Waals surface area contributed by atoms with Crippen molar-refractivity contribution in [1.29, 1.82) is 0 Å². The van der Waals surface area contributed by atoms with Crippen LogP contribution >= 0.6 is 0 Å². The first-order valence-corrected chi connectivity index (χ1v) is 11.4. The van der Waals surface area contributed by atoms with E-state index < -0.39 is 17.6 Å². The Morgan fingerprint density at radius 1 is 1.03 bits per heavy atom. The lowest BCUT2D eigenvalue weighted by atomic mass is 10.0. The quantitative estimate of drug-likeness (QED) is 0.239. The van der Waals surface area contributed by atoms with E-state index in [2.05, 4.69) is 15.3 Å². The standard InChI is InChI=1S/C26H23F4N5O2/c1-31-25(33-23-5-3-2-4-18(23)16-36)35-10-8-34(9-11-35)24(37)17-6-7-21(22(27)13-17)19-12-20(15-32-14-19)26(28,29)30/h2-7,12-16H,8-11H2,1H3,(H,31,33).